The highest BCUT2D eigenvalue weighted by molar-refractivity contribution is 5.75. The van der Waals surface area contributed by atoms with Gasteiger partial charge in [0.25, 0.3) is 0 Å². The second-order valence-electron chi connectivity index (χ2n) is 7.10. The predicted molar refractivity (Wildman–Crippen MR) is 114 cm³/mol. The quantitative estimate of drug-likeness (QED) is 0.232. The van der Waals surface area contributed by atoms with Gasteiger partial charge in [0.15, 0.2) is 6.10 Å². The van der Waals surface area contributed by atoms with Gasteiger partial charge in [-0.1, -0.05) is 89.5 Å². The maximum absolute atomic E-state index is 12.2. The first-order valence-electron chi connectivity index (χ1n) is 10.8. The SMILES string of the molecule is C=Cc1ccc(OC(CCCCCCCCCCCC)C(=O)OCC)cc1. The minimum atomic E-state index is -0.520. The van der Waals surface area contributed by atoms with E-state index in [4.69, 9.17) is 9.47 Å². The first-order chi connectivity index (χ1) is 13.2. The van der Waals surface area contributed by atoms with E-state index in [2.05, 4.69) is 13.5 Å². The fourth-order valence-corrected chi connectivity index (χ4v) is 3.12. The lowest BCUT2D eigenvalue weighted by molar-refractivity contribution is -0.151. The summed E-state index contributed by atoms with van der Waals surface area (Å²) in [5, 5.41) is 0. The highest BCUT2D eigenvalue weighted by Gasteiger charge is 2.21. The number of ether oxygens (including phenoxy) is 2. The Hall–Kier alpha value is -1.77. The molecule has 0 radical (unpaired) electrons. The lowest BCUT2D eigenvalue weighted by atomic mass is 10.0. The molecule has 0 aliphatic heterocycles. The van der Waals surface area contributed by atoms with Crippen LogP contribution in [0.4, 0.5) is 0 Å². The van der Waals surface area contributed by atoms with E-state index in [1.807, 2.05) is 31.2 Å². The normalized spacial score (nSPS) is 11.8. The second kappa shape index (κ2) is 15.3. The molecular weight excluding hydrogens is 336 g/mol. The van der Waals surface area contributed by atoms with Gasteiger partial charge in [0.05, 0.1) is 6.61 Å². The van der Waals surface area contributed by atoms with E-state index < -0.39 is 6.10 Å². The molecule has 0 aliphatic carbocycles. The fraction of sp³-hybridized carbons (Fsp3) is 0.625. The molecule has 0 saturated heterocycles. The zero-order valence-electron chi connectivity index (χ0n) is 17.4. The summed E-state index contributed by atoms with van der Waals surface area (Å²) in [6, 6.07) is 7.62. The van der Waals surface area contributed by atoms with Gasteiger partial charge in [-0.2, -0.15) is 0 Å². The van der Waals surface area contributed by atoms with Crippen molar-refractivity contribution in [3.05, 3.63) is 36.4 Å². The van der Waals surface area contributed by atoms with Crippen LogP contribution in [0.15, 0.2) is 30.8 Å². The number of carbonyl (C=O) groups is 1. The molecule has 3 nitrogen and oxygen atoms in total. The average molecular weight is 375 g/mol. The van der Waals surface area contributed by atoms with Gasteiger partial charge in [-0.3, -0.25) is 0 Å². The molecule has 0 spiro atoms. The maximum Gasteiger partial charge on any atom is 0.347 e. The molecule has 1 atom stereocenters. The van der Waals surface area contributed by atoms with Gasteiger partial charge < -0.3 is 9.47 Å². The molecule has 0 aromatic heterocycles. The second-order valence-corrected chi connectivity index (χ2v) is 7.10. The Bertz CT molecular complexity index is 507. The molecule has 1 aromatic rings. The molecule has 0 heterocycles. The standard InChI is InChI=1S/C24H38O3/c1-4-7-8-9-10-11-12-13-14-15-16-23(24(25)26-6-3)27-22-19-17-21(5-2)18-20-22/h5,17-20,23H,2,4,6-16H2,1,3H3. The van der Waals surface area contributed by atoms with Crippen molar-refractivity contribution in [3.63, 3.8) is 0 Å². The molecule has 152 valence electrons. The van der Waals surface area contributed by atoms with Crippen molar-refractivity contribution < 1.29 is 14.3 Å². The van der Waals surface area contributed by atoms with E-state index in [1.54, 1.807) is 6.08 Å². The molecule has 0 bridgehead atoms. The lowest BCUT2D eigenvalue weighted by Gasteiger charge is -2.18. The van der Waals surface area contributed by atoms with Crippen LogP contribution in [0.3, 0.4) is 0 Å². The zero-order valence-corrected chi connectivity index (χ0v) is 17.4. The molecule has 0 amide bonds. The van der Waals surface area contributed by atoms with E-state index in [1.165, 1.54) is 51.4 Å². The monoisotopic (exact) mass is 374 g/mol. The van der Waals surface area contributed by atoms with Gasteiger partial charge in [-0.15, -0.1) is 0 Å². The molecule has 1 unspecified atom stereocenters. The molecule has 0 saturated carbocycles. The van der Waals surface area contributed by atoms with Crippen LogP contribution in [0.2, 0.25) is 0 Å². The molecule has 1 aromatic carbocycles. The molecule has 0 aliphatic rings. The minimum absolute atomic E-state index is 0.263. The smallest absolute Gasteiger partial charge is 0.347 e. The summed E-state index contributed by atoms with van der Waals surface area (Å²) < 4.78 is 11.1. The van der Waals surface area contributed by atoms with Gasteiger partial charge in [0.2, 0.25) is 0 Å². The molecule has 3 heteroatoms. The first kappa shape index (κ1) is 23.3. The van der Waals surface area contributed by atoms with Crippen molar-refractivity contribution >= 4 is 12.0 Å². The third-order valence-electron chi connectivity index (χ3n) is 4.76. The number of hydrogen-bond acceptors (Lipinski definition) is 3. The summed E-state index contributed by atoms with van der Waals surface area (Å²) in [6.45, 7) is 8.21. The number of hydrogen-bond donors (Lipinski definition) is 0. The maximum atomic E-state index is 12.2. The summed E-state index contributed by atoms with van der Waals surface area (Å²) in [6.07, 6.45) is 14.7. The van der Waals surface area contributed by atoms with Gasteiger partial charge in [0.1, 0.15) is 5.75 Å². The Kier molecular flexibility index (Phi) is 13.2. The van der Waals surface area contributed by atoms with Gasteiger partial charge in [-0.05, 0) is 37.5 Å². The Balaban J connectivity index is 2.29. The number of esters is 1. The largest absolute Gasteiger partial charge is 0.479 e. The van der Waals surface area contributed by atoms with Crippen LogP contribution >= 0.6 is 0 Å². The van der Waals surface area contributed by atoms with Crippen LogP contribution in [-0.4, -0.2) is 18.7 Å². The number of rotatable bonds is 16. The van der Waals surface area contributed by atoms with E-state index in [0.29, 0.717) is 18.8 Å². The van der Waals surface area contributed by atoms with Crippen molar-refractivity contribution in [1.29, 1.82) is 0 Å². The number of benzene rings is 1. The topological polar surface area (TPSA) is 35.5 Å². The molecule has 0 N–H and O–H groups in total. The Labute approximate surface area is 166 Å². The van der Waals surface area contributed by atoms with Crippen molar-refractivity contribution in [3.8, 4) is 5.75 Å². The zero-order chi connectivity index (χ0) is 19.7. The van der Waals surface area contributed by atoms with Crippen LogP contribution in [0.5, 0.6) is 5.75 Å². The van der Waals surface area contributed by atoms with Crippen LogP contribution in [0.25, 0.3) is 6.08 Å². The average Bonchev–Trinajstić information content (AvgIpc) is 2.69. The van der Waals surface area contributed by atoms with Crippen LogP contribution in [0, 0.1) is 0 Å². The first-order valence-corrected chi connectivity index (χ1v) is 10.8. The van der Waals surface area contributed by atoms with E-state index in [-0.39, 0.29) is 5.97 Å². The lowest BCUT2D eigenvalue weighted by Crippen LogP contribution is -2.29. The van der Waals surface area contributed by atoms with Crippen molar-refractivity contribution in [2.45, 2.75) is 90.6 Å². The summed E-state index contributed by atoms with van der Waals surface area (Å²) in [7, 11) is 0. The highest BCUT2D eigenvalue weighted by atomic mass is 16.6. The van der Waals surface area contributed by atoms with Crippen molar-refractivity contribution in [2.75, 3.05) is 6.61 Å². The van der Waals surface area contributed by atoms with E-state index >= 15 is 0 Å². The number of carbonyl (C=O) groups excluding carboxylic acids is 1. The molecular formula is C24H38O3. The van der Waals surface area contributed by atoms with E-state index in [0.717, 1.165) is 18.4 Å². The van der Waals surface area contributed by atoms with Crippen LogP contribution in [-0.2, 0) is 9.53 Å². The van der Waals surface area contributed by atoms with Gasteiger partial charge in [0, 0.05) is 0 Å². The molecule has 1 rings (SSSR count). The minimum Gasteiger partial charge on any atom is -0.479 e. The van der Waals surface area contributed by atoms with E-state index in [9.17, 15) is 4.79 Å². The molecule has 0 fully saturated rings. The summed E-state index contributed by atoms with van der Waals surface area (Å²) in [4.78, 5) is 12.2. The van der Waals surface area contributed by atoms with Gasteiger partial charge in [-0.25, -0.2) is 4.79 Å². The van der Waals surface area contributed by atoms with Crippen molar-refractivity contribution in [1.82, 2.24) is 0 Å². The summed E-state index contributed by atoms with van der Waals surface area (Å²) in [5.74, 6) is 0.437. The number of unbranched alkanes of at least 4 members (excludes halogenated alkanes) is 9. The Morgan fingerprint density at radius 3 is 2.00 bits per heavy atom. The van der Waals surface area contributed by atoms with Crippen LogP contribution < -0.4 is 4.74 Å². The van der Waals surface area contributed by atoms with Gasteiger partial charge >= 0.3 is 5.97 Å². The Morgan fingerprint density at radius 1 is 0.926 bits per heavy atom. The summed E-state index contributed by atoms with van der Waals surface area (Å²) >= 11 is 0. The van der Waals surface area contributed by atoms with Crippen molar-refractivity contribution in [2.24, 2.45) is 0 Å². The Morgan fingerprint density at radius 2 is 1.48 bits per heavy atom. The third-order valence-corrected chi connectivity index (χ3v) is 4.76. The third kappa shape index (κ3) is 10.8. The summed E-state index contributed by atoms with van der Waals surface area (Å²) in [5.41, 5.74) is 1.03. The highest BCUT2D eigenvalue weighted by Crippen LogP contribution is 2.19. The fourth-order valence-electron chi connectivity index (χ4n) is 3.12. The predicted octanol–water partition coefficient (Wildman–Crippen LogP) is 6.95. The van der Waals surface area contributed by atoms with Crippen LogP contribution in [0.1, 0.15) is 90.0 Å². The molecule has 27 heavy (non-hydrogen) atoms.